The summed E-state index contributed by atoms with van der Waals surface area (Å²) in [6, 6.07) is 5.91. The number of nitrogens with zero attached hydrogens (tertiary/aromatic N) is 2. The summed E-state index contributed by atoms with van der Waals surface area (Å²) in [6.45, 7) is 0. The number of fused-ring (bicyclic) bond motifs is 3. The SMILES string of the molecule is Nc1ncnc2ccc3[nH]ccc3c12. The summed E-state index contributed by atoms with van der Waals surface area (Å²) in [5.41, 5.74) is 7.75. The topological polar surface area (TPSA) is 67.6 Å². The molecule has 0 amide bonds. The van der Waals surface area contributed by atoms with Crippen molar-refractivity contribution in [2.24, 2.45) is 0 Å². The van der Waals surface area contributed by atoms with Gasteiger partial charge in [0.25, 0.3) is 0 Å². The Hall–Kier alpha value is -2.10. The van der Waals surface area contributed by atoms with Crippen molar-refractivity contribution < 1.29 is 0 Å². The van der Waals surface area contributed by atoms with Crippen molar-refractivity contribution in [1.82, 2.24) is 15.0 Å². The van der Waals surface area contributed by atoms with E-state index in [1.807, 2.05) is 24.4 Å². The minimum absolute atomic E-state index is 0.528. The monoisotopic (exact) mass is 184 g/mol. The Balaban J connectivity index is 2.67. The van der Waals surface area contributed by atoms with Gasteiger partial charge in [-0.05, 0) is 18.2 Å². The molecule has 0 bridgehead atoms. The van der Waals surface area contributed by atoms with Gasteiger partial charge in [0.2, 0.25) is 0 Å². The van der Waals surface area contributed by atoms with E-state index in [-0.39, 0.29) is 0 Å². The van der Waals surface area contributed by atoms with Gasteiger partial charge in [0.05, 0.1) is 10.9 Å². The minimum atomic E-state index is 0.528. The van der Waals surface area contributed by atoms with Crippen molar-refractivity contribution in [2.75, 3.05) is 5.73 Å². The van der Waals surface area contributed by atoms with Crippen LogP contribution in [0.5, 0.6) is 0 Å². The molecule has 2 aromatic heterocycles. The fraction of sp³-hybridized carbons (Fsp3) is 0. The standard InChI is InChI=1S/C10H8N4/c11-10-9-6-3-4-12-7(6)1-2-8(9)13-5-14-10/h1-5,12H,(H2,11,13,14). The molecule has 1 aromatic carbocycles. The Labute approximate surface area is 79.8 Å². The molecule has 0 aliphatic rings. The molecular weight excluding hydrogens is 176 g/mol. The molecule has 0 aliphatic heterocycles. The Morgan fingerprint density at radius 3 is 3.00 bits per heavy atom. The van der Waals surface area contributed by atoms with Gasteiger partial charge in [-0.1, -0.05) is 0 Å². The van der Waals surface area contributed by atoms with Crippen LogP contribution in [-0.4, -0.2) is 15.0 Å². The van der Waals surface area contributed by atoms with Crippen LogP contribution in [0.4, 0.5) is 5.82 Å². The minimum Gasteiger partial charge on any atom is -0.383 e. The van der Waals surface area contributed by atoms with Crippen LogP contribution in [0.3, 0.4) is 0 Å². The molecule has 68 valence electrons. The van der Waals surface area contributed by atoms with Gasteiger partial charge in [-0.25, -0.2) is 9.97 Å². The number of hydrogen-bond donors (Lipinski definition) is 2. The molecular formula is C10H8N4. The van der Waals surface area contributed by atoms with E-state index in [4.69, 9.17) is 5.73 Å². The molecule has 0 saturated carbocycles. The Bertz CT molecular complexity index is 612. The quantitative estimate of drug-likeness (QED) is 0.558. The smallest absolute Gasteiger partial charge is 0.135 e. The highest BCUT2D eigenvalue weighted by molar-refractivity contribution is 6.09. The van der Waals surface area contributed by atoms with E-state index < -0.39 is 0 Å². The van der Waals surface area contributed by atoms with Gasteiger partial charge in [0, 0.05) is 17.1 Å². The van der Waals surface area contributed by atoms with E-state index in [2.05, 4.69) is 15.0 Å². The van der Waals surface area contributed by atoms with E-state index in [1.54, 1.807) is 0 Å². The average molecular weight is 184 g/mol. The number of nitrogen functional groups attached to an aromatic ring is 1. The van der Waals surface area contributed by atoms with Crippen LogP contribution in [-0.2, 0) is 0 Å². The molecule has 0 spiro atoms. The summed E-state index contributed by atoms with van der Waals surface area (Å²) in [4.78, 5) is 11.3. The number of nitrogens with one attached hydrogen (secondary N) is 1. The van der Waals surface area contributed by atoms with Crippen molar-refractivity contribution in [3.63, 3.8) is 0 Å². The summed E-state index contributed by atoms with van der Waals surface area (Å²) < 4.78 is 0. The third kappa shape index (κ3) is 0.821. The molecule has 0 radical (unpaired) electrons. The molecule has 3 aromatic rings. The summed E-state index contributed by atoms with van der Waals surface area (Å²) in [7, 11) is 0. The van der Waals surface area contributed by atoms with Crippen LogP contribution < -0.4 is 5.73 Å². The Morgan fingerprint density at radius 2 is 2.07 bits per heavy atom. The van der Waals surface area contributed by atoms with E-state index in [0.29, 0.717) is 5.82 Å². The lowest BCUT2D eigenvalue weighted by Crippen LogP contribution is -1.93. The second-order valence-corrected chi connectivity index (χ2v) is 3.16. The molecule has 0 fully saturated rings. The van der Waals surface area contributed by atoms with Crippen LogP contribution in [0.2, 0.25) is 0 Å². The summed E-state index contributed by atoms with van der Waals surface area (Å²) >= 11 is 0. The lowest BCUT2D eigenvalue weighted by atomic mass is 10.1. The van der Waals surface area contributed by atoms with Gasteiger partial charge in [-0.3, -0.25) is 0 Å². The predicted molar refractivity (Wildman–Crippen MR) is 55.8 cm³/mol. The molecule has 0 aliphatic carbocycles. The van der Waals surface area contributed by atoms with E-state index in [9.17, 15) is 0 Å². The number of nitrogens with two attached hydrogens (primary N) is 1. The van der Waals surface area contributed by atoms with Gasteiger partial charge in [-0.2, -0.15) is 0 Å². The second-order valence-electron chi connectivity index (χ2n) is 3.16. The fourth-order valence-electron chi connectivity index (χ4n) is 1.72. The van der Waals surface area contributed by atoms with E-state index in [1.165, 1.54) is 6.33 Å². The van der Waals surface area contributed by atoms with Gasteiger partial charge in [0.15, 0.2) is 0 Å². The van der Waals surface area contributed by atoms with Gasteiger partial charge in [-0.15, -0.1) is 0 Å². The zero-order chi connectivity index (χ0) is 9.54. The predicted octanol–water partition coefficient (Wildman–Crippen LogP) is 1.69. The lowest BCUT2D eigenvalue weighted by molar-refractivity contribution is 1.23. The third-order valence-electron chi connectivity index (χ3n) is 2.36. The van der Waals surface area contributed by atoms with Crippen LogP contribution >= 0.6 is 0 Å². The van der Waals surface area contributed by atoms with Crippen LogP contribution in [0, 0.1) is 0 Å². The molecule has 3 N–H and O–H groups in total. The summed E-state index contributed by atoms with van der Waals surface area (Å²) in [6.07, 6.45) is 3.37. The first-order valence-corrected chi connectivity index (χ1v) is 4.32. The van der Waals surface area contributed by atoms with Crippen molar-refractivity contribution >= 4 is 27.6 Å². The zero-order valence-electron chi connectivity index (χ0n) is 7.36. The first-order valence-electron chi connectivity index (χ1n) is 4.32. The molecule has 0 saturated heterocycles. The van der Waals surface area contributed by atoms with E-state index in [0.717, 1.165) is 21.8 Å². The average Bonchev–Trinajstić information content (AvgIpc) is 2.65. The maximum atomic E-state index is 5.82. The number of H-pyrrole nitrogens is 1. The Kier molecular flexibility index (Phi) is 1.28. The first-order chi connectivity index (χ1) is 6.86. The van der Waals surface area contributed by atoms with Crippen LogP contribution in [0.15, 0.2) is 30.7 Å². The highest BCUT2D eigenvalue weighted by Crippen LogP contribution is 2.26. The number of anilines is 1. The Morgan fingerprint density at radius 1 is 1.14 bits per heavy atom. The number of aromatic amines is 1. The number of hydrogen-bond acceptors (Lipinski definition) is 3. The number of benzene rings is 1. The second kappa shape index (κ2) is 2.45. The van der Waals surface area contributed by atoms with Crippen LogP contribution in [0.1, 0.15) is 0 Å². The van der Waals surface area contributed by atoms with Crippen LogP contribution in [0.25, 0.3) is 21.8 Å². The first kappa shape index (κ1) is 7.32. The van der Waals surface area contributed by atoms with E-state index >= 15 is 0 Å². The van der Waals surface area contributed by atoms with Gasteiger partial charge in [0.1, 0.15) is 12.1 Å². The molecule has 0 atom stereocenters. The van der Waals surface area contributed by atoms with Crippen molar-refractivity contribution in [3.05, 3.63) is 30.7 Å². The van der Waals surface area contributed by atoms with Crippen molar-refractivity contribution in [2.45, 2.75) is 0 Å². The molecule has 3 rings (SSSR count). The maximum Gasteiger partial charge on any atom is 0.135 e. The number of rotatable bonds is 0. The highest BCUT2D eigenvalue weighted by atomic mass is 14.9. The summed E-state index contributed by atoms with van der Waals surface area (Å²) in [5.74, 6) is 0.528. The van der Waals surface area contributed by atoms with Gasteiger partial charge < -0.3 is 10.7 Å². The number of aromatic nitrogens is 3. The van der Waals surface area contributed by atoms with Crippen molar-refractivity contribution in [3.8, 4) is 0 Å². The fourth-order valence-corrected chi connectivity index (χ4v) is 1.72. The summed E-state index contributed by atoms with van der Waals surface area (Å²) in [5, 5.41) is 1.99. The van der Waals surface area contributed by atoms with Gasteiger partial charge >= 0.3 is 0 Å². The maximum absolute atomic E-state index is 5.82. The third-order valence-corrected chi connectivity index (χ3v) is 2.36. The lowest BCUT2D eigenvalue weighted by Gasteiger charge is -2.00. The molecule has 2 heterocycles. The molecule has 0 unspecified atom stereocenters. The molecule has 4 heteroatoms. The van der Waals surface area contributed by atoms with Crippen molar-refractivity contribution in [1.29, 1.82) is 0 Å². The molecule has 4 nitrogen and oxygen atoms in total. The highest BCUT2D eigenvalue weighted by Gasteiger charge is 2.05. The largest absolute Gasteiger partial charge is 0.383 e. The molecule has 14 heavy (non-hydrogen) atoms. The normalized spacial score (nSPS) is 11.1. The zero-order valence-corrected chi connectivity index (χ0v) is 7.36.